The zero-order chi connectivity index (χ0) is 20.9. The number of nitrogens with one attached hydrogen (secondary N) is 1. The van der Waals surface area contributed by atoms with Crippen molar-refractivity contribution < 1.29 is 17.9 Å². The fourth-order valence-electron chi connectivity index (χ4n) is 2.66. The van der Waals surface area contributed by atoms with E-state index in [1.54, 1.807) is 25.4 Å². The molecule has 0 spiro atoms. The summed E-state index contributed by atoms with van der Waals surface area (Å²) in [5, 5.41) is 2.88. The van der Waals surface area contributed by atoms with E-state index in [0.29, 0.717) is 23.5 Å². The van der Waals surface area contributed by atoms with E-state index in [-0.39, 0.29) is 5.96 Å². The first-order valence-corrected chi connectivity index (χ1v) is 8.69. The summed E-state index contributed by atoms with van der Waals surface area (Å²) in [7, 11) is 1.59. The summed E-state index contributed by atoms with van der Waals surface area (Å²) in [5.74, 6) is 1.38. The highest BCUT2D eigenvalue weighted by molar-refractivity contribution is 5.91. The molecular weight excluding hydrogens is 381 g/mol. The van der Waals surface area contributed by atoms with Crippen LogP contribution in [0.1, 0.15) is 11.1 Å². The topological polar surface area (TPSA) is 72.5 Å². The Hall–Kier alpha value is -3.55. The van der Waals surface area contributed by atoms with Gasteiger partial charge in [0, 0.05) is 17.3 Å². The Morgan fingerprint density at radius 1 is 1.03 bits per heavy atom. The van der Waals surface area contributed by atoms with Crippen LogP contribution in [0.5, 0.6) is 5.75 Å². The lowest BCUT2D eigenvalue weighted by molar-refractivity contribution is -0.137. The van der Waals surface area contributed by atoms with E-state index >= 15 is 0 Å². The van der Waals surface area contributed by atoms with E-state index in [4.69, 9.17) is 10.5 Å². The van der Waals surface area contributed by atoms with Crippen molar-refractivity contribution in [2.45, 2.75) is 12.7 Å². The first-order chi connectivity index (χ1) is 13.9. The number of nitrogens with zero attached hydrogens (tertiary/aromatic N) is 2. The van der Waals surface area contributed by atoms with Gasteiger partial charge in [0.2, 0.25) is 0 Å². The number of methoxy groups -OCH3 is 1. The van der Waals surface area contributed by atoms with Gasteiger partial charge in [-0.25, -0.2) is 9.98 Å². The number of ether oxygens (including phenoxy) is 1. The van der Waals surface area contributed by atoms with Crippen LogP contribution in [0.15, 0.2) is 71.9 Å². The molecule has 150 valence electrons. The standard InChI is InChI=1S/C21H19F3N4O/c1-29-18-5-3-2-4-16(18)13-27-20(25)28-19-11-8-15(12-26-19)14-6-9-17(10-7-14)21(22,23)24/h2-12H,13H2,1H3,(H3,25,26,27,28). The normalized spacial score (nSPS) is 11.9. The number of guanidine groups is 1. The molecule has 0 radical (unpaired) electrons. The fourth-order valence-corrected chi connectivity index (χ4v) is 2.66. The quantitative estimate of drug-likeness (QED) is 0.481. The summed E-state index contributed by atoms with van der Waals surface area (Å²) in [4.78, 5) is 8.50. The van der Waals surface area contributed by atoms with E-state index in [2.05, 4.69) is 15.3 Å². The minimum atomic E-state index is -4.36. The van der Waals surface area contributed by atoms with Crippen molar-refractivity contribution in [3.8, 4) is 16.9 Å². The highest BCUT2D eigenvalue weighted by Crippen LogP contribution is 2.31. The Labute approximate surface area is 166 Å². The van der Waals surface area contributed by atoms with Gasteiger partial charge in [0.25, 0.3) is 0 Å². The molecule has 1 heterocycles. The molecule has 3 rings (SSSR count). The number of hydrogen-bond acceptors (Lipinski definition) is 3. The zero-order valence-corrected chi connectivity index (χ0v) is 15.6. The van der Waals surface area contributed by atoms with Crippen molar-refractivity contribution in [2.24, 2.45) is 10.7 Å². The number of para-hydroxylation sites is 1. The van der Waals surface area contributed by atoms with Gasteiger partial charge in [0.15, 0.2) is 5.96 Å². The molecule has 0 fully saturated rings. The third-order valence-corrected chi connectivity index (χ3v) is 4.18. The minimum absolute atomic E-state index is 0.186. The summed E-state index contributed by atoms with van der Waals surface area (Å²) in [5.41, 5.74) is 7.43. The zero-order valence-electron chi connectivity index (χ0n) is 15.6. The van der Waals surface area contributed by atoms with Crippen LogP contribution < -0.4 is 15.8 Å². The lowest BCUT2D eigenvalue weighted by atomic mass is 10.1. The van der Waals surface area contributed by atoms with Crippen LogP contribution in [-0.2, 0) is 12.7 Å². The Balaban J connectivity index is 1.65. The molecule has 8 heteroatoms. The molecule has 2 aromatic carbocycles. The molecule has 0 atom stereocenters. The summed E-state index contributed by atoms with van der Waals surface area (Å²) >= 11 is 0. The van der Waals surface area contributed by atoms with Crippen LogP contribution in [0.3, 0.4) is 0 Å². The van der Waals surface area contributed by atoms with Crippen LogP contribution in [-0.4, -0.2) is 18.1 Å². The first kappa shape index (κ1) is 20.2. The van der Waals surface area contributed by atoms with Gasteiger partial charge < -0.3 is 15.8 Å². The lowest BCUT2D eigenvalue weighted by Gasteiger charge is -2.09. The van der Waals surface area contributed by atoms with Gasteiger partial charge in [0.1, 0.15) is 11.6 Å². The average molecular weight is 400 g/mol. The molecule has 0 aliphatic carbocycles. The molecule has 29 heavy (non-hydrogen) atoms. The van der Waals surface area contributed by atoms with Gasteiger partial charge in [-0.15, -0.1) is 0 Å². The van der Waals surface area contributed by atoms with E-state index < -0.39 is 11.7 Å². The number of hydrogen-bond donors (Lipinski definition) is 2. The predicted octanol–water partition coefficient (Wildman–Crippen LogP) is 4.70. The summed E-state index contributed by atoms with van der Waals surface area (Å²) in [6, 6.07) is 15.8. The molecule has 5 nitrogen and oxygen atoms in total. The smallest absolute Gasteiger partial charge is 0.416 e. The third kappa shape index (κ3) is 5.25. The third-order valence-electron chi connectivity index (χ3n) is 4.18. The van der Waals surface area contributed by atoms with Gasteiger partial charge >= 0.3 is 6.18 Å². The molecule has 0 saturated heterocycles. The number of alkyl halides is 3. The highest BCUT2D eigenvalue weighted by Gasteiger charge is 2.29. The fraction of sp³-hybridized carbons (Fsp3) is 0.143. The number of anilines is 1. The number of nitrogens with two attached hydrogens (primary N) is 1. The van der Waals surface area contributed by atoms with Crippen molar-refractivity contribution in [1.29, 1.82) is 0 Å². The van der Waals surface area contributed by atoms with Crippen LogP contribution in [0.4, 0.5) is 19.0 Å². The van der Waals surface area contributed by atoms with Crippen molar-refractivity contribution in [3.05, 3.63) is 78.0 Å². The van der Waals surface area contributed by atoms with Gasteiger partial charge in [0.05, 0.1) is 19.2 Å². The monoisotopic (exact) mass is 400 g/mol. The SMILES string of the molecule is COc1ccccc1CN=C(N)Nc1ccc(-c2ccc(C(F)(F)F)cc2)cn1. The molecule has 0 bridgehead atoms. The van der Waals surface area contributed by atoms with Crippen LogP contribution in [0, 0.1) is 0 Å². The molecule has 0 amide bonds. The van der Waals surface area contributed by atoms with Crippen LogP contribution >= 0.6 is 0 Å². The van der Waals surface area contributed by atoms with Gasteiger partial charge in [-0.2, -0.15) is 13.2 Å². The Morgan fingerprint density at radius 2 is 1.72 bits per heavy atom. The van der Waals surface area contributed by atoms with E-state index in [0.717, 1.165) is 23.4 Å². The van der Waals surface area contributed by atoms with Crippen LogP contribution in [0.2, 0.25) is 0 Å². The van der Waals surface area contributed by atoms with Gasteiger partial charge in [-0.3, -0.25) is 0 Å². The summed E-state index contributed by atoms with van der Waals surface area (Å²) in [6.45, 7) is 0.340. The first-order valence-electron chi connectivity index (χ1n) is 8.69. The summed E-state index contributed by atoms with van der Waals surface area (Å²) in [6.07, 6.45) is -2.80. The number of rotatable bonds is 5. The molecule has 0 aliphatic heterocycles. The predicted molar refractivity (Wildman–Crippen MR) is 107 cm³/mol. The second-order valence-electron chi connectivity index (χ2n) is 6.15. The lowest BCUT2D eigenvalue weighted by Crippen LogP contribution is -2.23. The molecule has 0 unspecified atom stereocenters. The van der Waals surface area contributed by atoms with Gasteiger partial charge in [-0.05, 0) is 35.9 Å². The van der Waals surface area contributed by atoms with E-state index in [1.807, 2.05) is 24.3 Å². The van der Waals surface area contributed by atoms with E-state index in [9.17, 15) is 13.2 Å². The second kappa shape index (κ2) is 8.64. The maximum absolute atomic E-state index is 12.7. The largest absolute Gasteiger partial charge is 0.496 e. The number of halogens is 3. The molecule has 0 aliphatic rings. The van der Waals surface area contributed by atoms with Crippen molar-refractivity contribution in [2.75, 3.05) is 12.4 Å². The molecule has 0 saturated carbocycles. The maximum Gasteiger partial charge on any atom is 0.416 e. The maximum atomic E-state index is 12.7. The van der Waals surface area contributed by atoms with Crippen LogP contribution in [0.25, 0.3) is 11.1 Å². The Bertz CT molecular complexity index is 984. The van der Waals surface area contributed by atoms with Crippen molar-refractivity contribution in [3.63, 3.8) is 0 Å². The number of aromatic nitrogens is 1. The summed E-state index contributed by atoms with van der Waals surface area (Å²) < 4.78 is 43.2. The number of pyridine rings is 1. The Kier molecular flexibility index (Phi) is 6.01. The minimum Gasteiger partial charge on any atom is -0.496 e. The van der Waals surface area contributed by atoms with Gasteiger partial charge in [-0.1, -0.05) is 30.3 Å². The molecule has 3 N–H and O–H groups in total. The van der Waals surface area contributed by atoms with Crippen molar-refractivity contribution >= 4 is 11.8 Å². The van der Waals surface area contributed by atoms with Crippen molar-refractivity contribution in [1.82, 2.24) is 4.98 Å². The molecule has 3 aromatic rings. The second-order valence-corrected chi connectivity index (χ2v) is 6.15. The molecular formula is C21H19F3N4O. The number of aliphatic imine (C=N–C) groups is 1. The number of benzene rings is 2. The highest BCUT2D eigenvalue weighted by atomic mass is 19.4. The average Bonchev–Trinajstić information content (AvgIpc) is 2.72. The molecule has 1 aromatic heterocycles. The Morgan fingerprint density at radius 3 is 2.34 bits per heavy atom. The van der Waals surface area contributed by atoms with E-state index in [1.165, 1.54) is 12.1 Å².